The lowest BCUT2D eigenvalue weighted by Crippen LogP contribution is -2.53. The van der Waals surface area contributed by atoms with E-state index in [9.17, 15) is 18.0 Å². The molecule has 0 heterocycles. The van der Waals surface area contributed by atoms with Gasteiger partial charge in [-0.15, -0.1) is 0 Å². The predicted molar refractivity (Wildman–Crippen MR) is 158 cm³/mol. The van der Waals surface area contributed by atoms with Gasteiger partial charge in [0.2, 0.25) is 11.8 Å². The standard InChI is InChI=1S/C32H39N3O4S/c1-24-14-18-29(19-15-24)35(40(38,39)30-20-16-25(2)17-21-30)23-31(36)34(22-27-10-6-4-7-11-27)26(3)32(37)33-28-12-8-5-9-13-28/h4,6-7,10-11,14-21,26,28H,5,8-9,12-13,22-23H2,1-3H3,(H,33,37)/t26-/m1/s1. The smallest absolute Gasteiger partial charge is 0.264 e. The summed E-state index contributed by atoms with van der Waals surface area (Å²) >= 11 is 0. The Bertz CT molecular complexity index is 1380. The van der Waals surface area contributed by atoms with Crippen LogP contribution in [-0.2, 0) is 26.2 Å². The number of benzene rings is 3. The lowest BCUT2D eigenvalue weighted by molar-refractivity contribution is -0.139. The zero-order valence-corrected chi connectivity index (χ0v) is 24.4. The quantitative estimate of drug-likeness (QED) is 0.361. The highest BCUT2D eigenvalue weighted by atomic mass is 32.2. The van der Waals surface area contributed by atoms with Gasteiger partial charge >= 0.3 is 0 Å². The van der Waals surface area contributed by atoms with Crippen molar-refractivity contribution in [3.05, 3.63) is 95.6 Å². The number of rotatable bonds is 10. The molecule has 1 N–H and O–H groups in total. The molecule has 0 spiro atoms. The summed E-state index contributed by atoms with van der Waals surface area (Å²) in [7, 11) is -4.07. The average Bonchev–Trinajstić information content (AvgIpc) is 2.96. The molecule has 212 valence electrons. The van der Waals surface area contributed by atoms with E-state index in [-0.39, 0.29) is 23.4 Å². The largest absolute Gasteiger partial charge is 0.352 e. The van der Waals surface area contributed by atoms with E-state index < -0.39 is 28.5 Å². The van der Waals surface area contributed by atoms with Crippen molar-refractivity contribution in [2.45, 2.75) is 76.4 Å². The molecule has 1 saturated carbocycles. The van der Waals surface area contributed by atoms with Crippen LogP contribution in [-0.4, -0.2) is 43.8 Å². The van der Waals surface area contributed by atoms with E-state index in [0.717, 1.165) is 46.7 Å². The molecule has 1 aliphatic rings. The molecule has 0 aliphatic heterocycles. The molecule has 1 fully saturated rings. The number of hydrogen-bond donors (Lipinski definition) is 1. The number of amides is 2. The van der Waals surface area contributed by atoms with Gasteiger partial charge in [0.1, 0.15) is 12.6 Å². The summed E-state index contributed by atoms with van der Waals surface area (Å²) in [5.41, 5.74) is 3.15. The summed E-state index contributed by atoms with van der Waals surface area (Å²) in [5.74, 6) is -0.675. The van der Waals surface area contributed by atoms with Crippen molar-refractivity contribution < 1.29 is 18.0 Å². The van der Waals surface area contributed by atoms with Gasteiger partial charge in [-0.2, -0.15) is 0 Å². The van der Waals surface area contributed by atoms with Gasteiger partial charge in [-0.25, -0.2) is 8.42 Å². The lowest BCUT2D eigenvalue weighted by atomic mass is 9.95. The van der Waals surface area contributed by atoms with Crippen LogP contribution in [0.3, 0.4) is 0 Å². The molecule has 1 atom stereocenters. The first-order valence-corrected chi connectivity index (χ1v) is 15.4. The first-order chi connectivity index (χ1) is 19.1. The Kier molecular flexibility index (Phi) is 9.63. The zero-order valence-electron chi connectivity index (χ0n) is 23.5. The maximum absolute atomic E-state index is 14.0. The van der Waals surface area contributed by atoms with Crippen LogP contribution in [0.1, 0.15) is 55.7 Å². The highest BCUT2D eigenvalue weighted by Gasteiger charge is 2.33. The summed E-state index contributed by atoms with van der Waals surface area (Å²) in [4.78, 5) is 28.9. The molecule has 3 aromatic rings. The van der Waals surface area contributed by atoms with Crippen LogP contribution in [0.25, 0.3) is 0 Å². The lowest BCUT2D eigenvalue weighted by Gasteiger charge is -2.33. The molecular weight excluding hydrogens is 522 g/mol. The molecular formula is C32H39N3O4S. The number of nitrogens with one attached hydrogen (secondary N) is 1. The van der Waals surface area contributed by atoms with E-state index in [0.29, 0.717) is 5.69 Å². The molecule has 1 aliphatic carbocycles. The van der Waals surface area contributed by atoms with Crippen LogP contribution >= 0.6 is 0 Å². The minimum Gasteiger partial charge on any atom is -0.352 e. The minimum atomic E-state index is -4.07. The summed E-state index contributed by atoms with van der Waals surface area (Å²) in [6.07, 6.45) is 5.19. The molecule has 2 amide bonds. The molecule has 0 saturated heterocycles. The van der Waals surface area contributed by atoms with E-state index >= 15 is 0 Å². The fourth-order valence-corrected chi connectivity index (χ4v) is 6.42. The van der Waals surface area contributed by atoms with Gasteiger partial charge < -0.3 is 10.2 Å². The minimum absolute atomic E-state index is 0.100. The average molecular weight is 562 g/mol. The van der Waals surface area contributed by atoms with Crippen LogP contribution in [0.5, 0.6) is 0 Å². The third-order valence-corrected chi connectivity index (χ3v) is 9.31. The molecule has 8 heteroatoms. The normalized spacial score (nSPS) is 14.8. The van der Waals surface area contributed by atoms with Gasteiger partial charge in [-0.3, -0.25) is 13.9 Å². The van der Waals surface area contributed by atoms with Crippen molar-refractivity contribution in [3.8, 4) is 0 Å². The number of carbonyl (C=O) groups is 2. The van der Waals surface area contributed by atoms with Gasteiger partial charge in [0.05, 0.1) is 10.6 Å². The molecule has 3 aromatic carbocycles. The van der Waals surface area contributed by atoms with Gasteiger partial charge in [0.15, 0.2) is 0 Å². The number of anilines is 1. The number of sulfonamides is 1. The second-order valence-electron chi connectivity index (χ2n) is 10.7. The van der Waals surface area contributed by atoms with Gasteiger partial charge in [0, 0.05) is 12.6 Å². The Labute approximate surface area is 238 Å². The monoisotopic (exact) mass is 561 g/mol. The van der Waals surface area contributed by atoms with Crippen molar-refractivity contribution in [2.24, 2.45) is 0 Å². The van der Waals surface area contributed by atoms with E-state index in [1.54, 1.807) is 43.3 Å². The van der Waals surface area contributed by atoms with Crippen LogP contribution in [0.15, 0.2) is 83.8 Å². The Morgan fingerprint density at radius 1 is 0.850 bits per heavy atom. The van der Waals surface area contributed by atoms with Crippen LogP contribution in [0, 0.1) is 13.8 Å². The fraction of sp³-hybridized carbons (Fsp3) is 0.375. The highest BCUT2D eigenvalue weighted by molar-refractivity contribution is 7.92. The van der Waals surface area contributed by atoms with E-state index in [1.807, 2.05) is 56.3 Å². The molecule has 0 radical (unpaired) electrons. The Morgan fingerprint density at radius 3 is 2.02 bits per heavy atom. The number of nitrogens with zero attached hydrogens (tertiary/aromatic N) is 2. The van der Waals surface area contributed by atoms with E-state index in [1.165, 1.54) is 11.3 Å². The second-order valence-corrected chi connectivity index (χ2v) is 12.5. The highest BCUT2D eigenvalue weighted by Crippen LogP contribution is 2.25. The van der Waals surface area contributed by atoms with Crippen LogP contribution < -0.4 is 9.62 Å². The Morgan fingerprint density at radius 2 is 1.43 bits per heavy atom. The van der Waals surface area contributed by atoms with Crippen LogP contribution in [0.4, 0.5) is 5.69 Å². The fourth-order valence-electron chi connectivity index (χ4n) is 5.01. The number of hydrogen-bond acceptors (Lipinski definition) is 4. The summed E-state index contributed by atoms with van der Waals surface area (Å²) in [6.45, 7) is 5.27. The second kappa shape index (κ2) is 13.1. The third kappa shape index (κ3) is 7.30. The third-order valence-electron chi connectivity index (χ3n) is 7.52. The van der Waals surface area contributed by atoms with Gasteiger partial charge in [0.25, 0.3) is 10.0 Å². The van der Waals surface area contributed by atoms with Crippen molar-refractivity contribution in [1.82, 2.24) is 10.2 Å². The Hall–Kier alpha value is -3.65. The van der Waals surface area contributed by atoms with E-state index in [2.05, 4.69) is 5.32 Å². The molecule has 7 nitrogen and oxygen atoms in total. The SMILES string of the molecule is Cc1ccc(N(CC(=O)N(Cc2ccccc2)[C@H](C)C(=O)NC2CCCCC2)S(=O)(=O)c2ccc(C)cc2)cc1. The molecule has 40 heavy (non-hydrogen) atoms. The maximum Gasteiger partial charge on any atom is 0.264 e. The molecule has 0 unspecified atom stereocenters. The number of carbonyl (C=O) groups excluding carboxylic acids is 2. The van der Waals surface area contributed by atoms with Crippen molar-refractivity contribution >= 4 is 27.5 Å². The molecule has 0 aromatic heterocycles. The van der Waals surface area contributed by atoms with Crippen molar-refractivity contribution in [1.29, 1.82) is 0 Å². The predicted octanol–water partition coefficient (Wildman–Crippen LogP) is 5.36. The first-order valence-electron chi connectivity index (χ1n) is 13.9. The van der Waals surface area contributed by atoms with Gasteiger partial charge in [-0.05, 0) is 63.4 Å². The Balaban J connectivity index is 1.65. The van der Waals surface area contributed by atoms with E-state index in [4.69, 9.17) is 0 Å². The summed E-state index contributed by atoms with van der Waals surface area (Å²) < 4.78 is 28.9. The summed E-state index contributed by atoms with van der Waals surface area (Å²) in [5, 5.41) is 3.13. The van der Waals surface area contributed by atoms with Crippen molar-refractivity contribution in [3.63, 3.8) is 0 Å². The number of aryl methyl sites for hydroxylation is 2. The maximum atomic E-state index is 14.0. The van der Waals surface area contributed by atoms with Gasteiger partial charge in [-0.1, -0.05) is 85.0 Å². The topological polar surface area (TPSA) is 86.8 Å². The molecule has 0 bridgehead atoms. The first kappa shape index (κ1) is 29.3. The van der Waals surface area contributed by atoms with Crippen molar-refractivity contribution in [2.75, 3.05) is 10.8 Å². The molecule has 4 rings (SSSR count). The zero-order chi connectivity index (χ0) is 28.7. The summed E-state index contributed by atoms with van der Waals surface area (Å²) in [6, 6.07) is 22.4. The van der Waals surface area contributed by atoms with Crippen LogP contribution in [0.2, 0.25) is 0 Å².